The van der Waals surface area contributed by atoms with Crippen molar-refractivity contribution in [2.45, 2.75) is 18.7 Å². The van der Waals surface area contributed by atoms with Crippen molar-refractivity contribution in [1.29, 1.82) is 0 Å². The van der Waals surface area contributed by atoms with Crippen LogP contribution in [-0.4, -0.2) is 32.3 Å². The van der Waals surface area contributed by atoms with Gasteiger partial charge in [0.05, 0.1) is 23.4 Å². The summed E-state index contributed by atoms with van der Waals surface area (Å²) in [5, 5.41) is 0. The standard InChI is InChI=1S/C21H21NO5S/c1-14-21(27-15(2)23)13-20(16-5-11-19(12-6-16)28(4,24)25)22(14)17-7-9-18(26-3)10-8-17/h5-13H,1-4H3. The lowest BCUT2D eigenvalue weighted by Gasteiger charge is -2.13. The monoisotopic (exact) mass is 399 g/mol. The first-order valence-corrected chi connectivity index (χ1v) is 10.5. The van der Waals surface area contributed by atoms with E-state index in [1.165, 1.54) is 13.2 Å². The zero-order valence-electron chi connectivity index (χ0n) is 16.1. The van der Waals surface area contributed by atoms with Gasteiger partial charge in [0.2, 0.25) is 0 Å². The van der Waals surface area contributed by atoms with Gasteiger partial charge in [-0.25, -0.2) is 8.42 Å². The van der Waals surface area contributed by atoms with Crippen molar-refractivity contribution in [3.63, 3.8) is 0 Å². The fourth-order valence-electron chi connectivity index (χ4n) is 2.99. The first kappa shape index (κ1) is 19.7. The predicted molar refractivity (Wildman–Crippen MR) is 107 cm³/mol. The van der Waals surface area contributed by atoms with E-state index in [2.05, 4.69) is 0 Å². The van der Waals surface area contributed by atoms with E-state index in [9.17, 15) is 13.2 Å². The Labute approximate surface area is 164 Å². The molecule has 0 aliphatic carbocycles. The summed E-state index contributed by atoms with van der Waals surface area (Å²) in [5.74, 6) is 0.771. The topological polar surface area (TPSA) is 74.6 Å². The molecule has 0 spiro atoms. The number of hydrogen-bond donors (Lipinski definition) is 0. The minimum atomic E-state index is -3.28. The van der Waals surface area contributed by atoms with Gasteiger partial charge in [0.1, 0.15) is 5.75 Å². The molecule has 28 heavy (non-hydrogen) atoms. The summed E-state index contributed by atoms with van der Waals surface area (Å²) >= 11 is 0. The lowest BCUT2D eigenvalue weighted by molar-refractivity contribution is -0.131. The van der Waals surface area contributed by atoms with Crippen LogP contribution in [0.15, 0.2) is 59.5 Å². The third-order valence-corrected chi connectivity index (χ3v) is 5.49. The number of carbonyl (C=O) groups is 1. The van der Waals surface area contributed by atoms with Crippen molar-refractivity contribution in [3.05, 3.63) is 60.3 Å². The Morgan fingerprint density at radius 1 is 1.00 bits per heavy atom. The molecule has 0 unspecified atom stereocenters. The van der Waals surface area contributed by atoms with Gasteiger partial charge < -0.3 is 14.0 Å². The molecule has 0 aliphatic heterocycles. The van der Waals surface area contributed by atoms with Crippen LogP contribution < -0.4 is 9.47 Å². The Morgan fingerprint density at radius 3 is 2.11 bits per heavy atom. The van der Waals surface area contributed by atoms with Crippen molar-refractivity contribution in [2.75, 3.05) is 13.4 Å². The molecule has 2 aromatic carbocycles. The SMILES string of the molecule is COc1ccc(-n2c(-c3ccc(S(C)(=O)=O)cc3)cc(OC(C)=O)c2C)cc1. The lowest BCUT2D eigenvalue weighted by Crippen LogP contribution is -2.03. The molecule has 1 heterocycles. The zero-order chi connectivity index (χ0) is 20.5. The molecule has 0 fully saturated rings. The Morgan fingerprint density at radius 2 is 1.61 bits per heavy atom. The van der Waals surface area contributed by atoms with E-state index in [1.807, 2.05) is 35.8 Å². The van der Waals surface area contributed by atoms with Crippen LogP contribution in [0.4, 0.5) is 0 Å². The normalized spacial score (nSPS) is 11.3. The molecule has 0 aliphatic rings. The van der Waals surface area contributed by atoms with Gasteiger partial charge >= 0.3 is 5.97 Å². The molecular weight excluding hydrogens is 378 g/mol. The average Bonchev–Trinajstić information content (AvgIpc) is 2.97. The molecule has 0 saturated carbocycles. The number of carbonyl (C=O) groups excluding carboxylic acids is 1. The van der Waals surface area contributed by atoms with Crippen LogP contribution in [0.1, 0.15) is 12.6 Å². The summed E-state index contributed by atoms with van der Waals surface area (Å²) in [5.41, 5.74) is 3.19. The minimum Gasteiger partial charge on any atom is -0.497 e. The summed E-state index contributed by atoms with van der Waals surface area (Å²) in [7, 11) is -1.68. The van der Waals surface area contributed by atoms with Gasteiger partial charge in [-0.3, -0.25) is 4.79 Å². The largest absolute Gasteiger partial charge is 0.497 e. The number of sulfone groups is 1. The molecule has 0 amide bonds. The third kappa shape index (κ3) is 3.94. The molecule has 0 bridgehead atoms. The summed E-state index contributed by atoms with van der Waals surface area (Å²) in [4.78, 5) is 11.7. The van der Waals surface area contributed by atoms with E-state index in [-0.39, 0.29) is 4.90 Å². The number of esters is 1. The summed E-state index contributed by atoms with van der Waals surface area (Å²) in [6.45, 7) is 3.21. The van der Waals surface area contributed by atoms with Crippen molar-refractivity contribution < 1.29 is 22.7 Å². The molecule has 0 radical (unpaired) electrons. The summed E-state index contributed by atoms with van der Waals surface area (Å²) in [6.07, 6.45) is 1.17. The highest BCUT2D eigenvalue weighted by Gasteiger charge is 2.18. The number of aromatic nitrogens is 1. The van der Waals surface area contributed by atoms with Gasteiger partial charge in [-0.2, -0.15) is 0 Å². The summed E-state index contributed by atoms with van der Waals surface area (Å²) in [6, 6.07) is 15.9. The molecule has 0 saturated heterocycles. The van der Waals surface area contributed by atoms with Gasteiger partial charge in [0.25, 0.3) is 0 Å². The second-order valence-electron chi connectivity index (χ2n) is 6.40. The highest BCUT2D eigenvalue weighted by atomic mass is 32.2. The molecule has 0 atom stereocenters. The van der Waals surface area contributed by atoms with E-state index in [0.29, 0.717) is 5.75 Å². The molecule has 3 aromatic rings. The van der Waals surface area contributed by atoms with E-state index < -0.39 is 15.8 Å². The number of benzene rings is 2. The van der Waals surface area contributed by atoms with Crippen molar-refractivity contribution in [3.8, 4) is 28.4 Å². The second kappa shape index (κ2) is 7.52. The van der Waals surface area contributed by atoms with Crippen LogP contribution in [0, 0.1) is 6.92 Å². The molecule has 0 N–H and O–H groups in total. The highest BCUT2D eigenvalue weighted by molar-refractivity contribution is 7.90. The Kier molecular flexibility index (Phi) is 5.29. The summed E-state index contributed by atoms with van der Waals surface area (Å²) < 4.78 is 36.0. The van der Waals surface area contributed by atoms with Crippen LogP contribution in [0.3, 0.4) is 0 Å². The minimum absolute atomic E-state index is 0.246. The lowest BCUT2D eigenvalue weighted by atomic mass is 10.1. The van der Waals surface area contributed by atoms with Crippen LogP contribution in [-0.2, 0) is 14.6 Å². The number of methoxy groups -OCH3 is 1. The van der Waals surface area contributed by atoms with Crippen LogP contribution in [0.2, 0.25) is 0 Å². The van der Waals surface area contributed by atoms with Crippen molar-refractivity contribution in [1.82, 2.24) is 4.57 Å². The fraction of sp³-hybridized carbons (Fsp3) is 0.190. The number of ether oxygens (including phenoxy) is 2. The van der Waals surface area contributed by atoms with Crippen LogP contribution >= 0.6 is 0 Å². The number of hydrogen-bond acceptors (Lipinski definition) is 5. The van der Waals surface area contributed by atoms with E-state index in [1.54, 1.807) is 37.4 Å². The maximum Gasteiger partial charge on any atom is 0.308 e. The van der Waals surface area contributed by atoms with Gasteiger partial charge in [-0.15, -0.1) is 0 Å². The molecule has 7 heteroatoms. The smallest absolute Gasteiger partial charge is 0.308 e. The van der Waals surface area contributed by atoms with Crippen molar-refractivity contribution >= 4 is 15.8 Å². The van der Waals surface area contributed by atoms with E-state index >= 15 is 0 Å². The average molecular weight is 399 g/mol. The van der Waals surface area contributed by atoms with Crippen LogP contribution in [0.5, 0.6) is 11.5 Å². The fourth-order valence-corrected chi connectivity index (χ4v) is 3.62. The molecule has 146 valence electrons. The van der Waals surface area contributed by atoms with Gasteiger partial charge in [-0.1, -0.05) is 12.1 Å². The highest BCUT2D eigenvalue weighted by Crippen LogP contribution is 2.34. The van der Waals surface area contributed by atoms with Crippen molar-refractivity contribution in [2.24, 2.45) is 0 Å². The molecular formula is C21H21NO5S. The Balaban J connectivity index is 2.17. The van der Waals surface area contributed by atoms with E-state index in [0.717, 1.165) is 28.4 Å². The second-order valence-corrected chi connectivity index (χ2v) is 8.42. The van der Waals surface area contributed by atoms with Gasteiger partial charge in [0.15, 0.2) is 15.6 Å². The van der Waals surface area contributed by atoms with E-state index in [4.69, 9.17) is 9.47 Å². The molecule has 1 aromatic heterocycles. The Bertz CT molecular complexity index is 1110. The number of rotatable bonds is 5. The Hall–Kier alpha value is -3.06. The maximum absolute atomic E-state index is 11.7. The zero-order valence-corrected chi connectivity index (χ0v) is 16.9. The first-order chi connectivity index (χ1) is 13.2. The molecule has 3 rings (SSSR count). The van der Waals surface area contributed by atoms with Gasteiger partial charge in [-0.05, 0) is 48.9 Å². The van der Waals surface area contributed by atoms with Gasteiger partial charge in [0, 0.05) is 24.9 Å². The third-order valence-electron chi connectivity index (χ3n) is 4.36. The quantitative estimate of drug-likeness (QED) is 0.610. The maximum atomic E-state index is 11.7. The number of nitrogens with zero attached hydrogens (tertiary/aromatic N) is 1. The molecule has 6 nitrogen and oxygen atoms in total. The first-order valence-electron chi connectivity index (χ1n) is 8.56. The predicted octanol–water partition coefficient (Wildman–Crippen LogP) is 3.79. The van der Waals surface area contributed by atoms with Crippen LogP contribution in [0.25, 0.3) is 16.9 Å².